The zero-order valence-electron chi connectivity index (χ0n) is 24.2. The molecule has 1 unspecified atom stereocenters. The van der Waals surface area contributed by atoms with Gasteiger partial charge in [-0.3, -0.25) is 4.98 Å². The number of nitrogens with zero attached hydrogens (tertiary/aromatic N) is 3. The molecule has 0 amide bonds. The third kappa shape index (κ3) is 9.37. The number of ether oxygens (including phenoxy) is 3. The number of nitriles is 1. The van der Waals surface area contributed by atoms with Crippen LogP contribution in [0.15, 0.2) is 30.5 Å². The molecule has 2 N–H and O–H groups in total. The van der Waals surface area contributed by atoms with E-state index in [1.807, 2.05) is 18.2 Å². The summed E-state index contributed by atoms with van der Waals surface area (Å²) in [6.07, 6.45) is 8.51. The lowest BCUT2D eigenvalue weighted by atomic mass is 9.82. The summed E-state index contributed by atoms with van der Waals surface area (Å²) in [6.45, 7) is 6.49. The zero-order chi connectivity index (χ0) is 29.1. The van der Waals surface area contributed by atoms with E-state index in [1.54, 1.807) is 13.1 Å². The number of nitrogens with one attached hydrogen (secondary N) is 2. The highest BCUT2D eigenvalue weighted by Crippen LogP contribution is 2.32. The van der Waals surface area contributed by atoms with Crippen molar-refractivity contribution in [3.63, 3.8) is 0 Å². The van der Waals surface area contributed by atoms with Crippen molar-refractivity contribution in [2.75, 3.05) is 44.9 Å². The summed E-state index contributed by atoms with van der Waals surface area (Å²) in [6, 6.07) is 11.0. The Bertz CT molecular complexity index is 1180. The van der Waals surface area contributed by atoms with Gasteiger partial charge in [-0.05, 0) is 82.9 Å². The van der Waals surface area contributed by atoms with E-state index in [4.69, 9.17) is 30.8 Å². The molecule has 1 atom stereocenters. The lowest BCUT2D eigenvalue weighted by Gasteiger charge is -2.31. The molecule has 0 bridgehead atoms. The van der Waals surface area contributed by atoms with E-state index < -0.39 is 5.41 Å². The van der Waals surface area contributed by atoms with E-state index in [2.05, 4.69) is 34.7 Å². The van der Waals surface area contributed by atoms with E-state index in [0.717, 1.165) is 67.7 Å². The summed E-state index contributed by atoms with van der Waals surface area (Å²) in [4.78, 5) is 20.9. The molecular formula is C31H42ClN5O4. The van der Waals surface area contributed by atoms with Gasteiger partial charge < -0.3 is 24.8 Å². The van der Waals surface area contributed by atoms with Gasteiger partial charge in [0.05, 0.1) is 35.4 Å². The number of anilines is 1. The number of carbonyl (C=O) groups is 1. The van der Waals surface area contributed by atoms with E-state index >= 15 is 0 Å². The molecule has 2 aromatic rings. The largest absolute Gasteiger partial charge is 0.464 e. The van der Waals surface area contributed by atoms with E-state index in [0.29, 0.717) is 50.0 Å². The van der Waals surface area contributed by atoms with Gasteiger partial charge >= 0.3 is 5.97 Å². The van der Waals surface area contributed by atoms with E-state index in [1.165, 1.54) is 0 Å². The van der Waals surface area contributed by atoms with Crippen LogP contribution in [0.4, 0.5) is 5.82 Å². The Hall–Kier alpha value is -2.77. The Morgan fingerprint density at radius 3 is 2.78 bits per heavy atom. The Balaban J connectivity index is 1.28. The van der Waals surface area contributed by atoms with Crippen LogP contribution >= 0.6 is 11.6 Å². The SMILES string of the molecule is CCOC(=O)COCC(C)NC1CCC(Cc2cc(-c3cccc(NCC4(C#N)CCOCC4)n3)c(Cl)cn2)CC1. The van der Waals surface area contributed by atoms with Crippen molar-refractivity contribution in [1.29, 1.82) is 5.26 Å². The van der Waals surface area contributed by atoms with Crippen LogP contribution in [-0.2, 0) is 25.4 Å². The average molecular weight is 584 g/mol. The molecule has 10 heteroatoms. The maximum absolute atomic E-state index is 11.4. The van der Waals surface area contributed by atoms with Crippen LogP contribution in [0, 0.1) is 22.7 Å². The van der Waals surface area contributed by atoms with Crippen LogP contribution in [0.2, 0.25) is 5.02 Å². The Morgan fingerprint density at radius 2 is 2.05 bits per heavy atom. The second kappa shape index (κ2) is 15.5. The van der Waals surface area contributed by atoms with Gasteiger partial charge in [0.1, 0.15) is 12.4 Å². The quantitative estimate of drug-likeness (QED) is 0.307. The first-order valence-electron chi connectivity index (χ1n) is 14.7. The molecule has 1 saturated carbocycles. The first-order valence-corrected chi connectivity index (χ1v) is 15.1. The fourth-order valence-corrected chi connectivity index (χ4v) is 5.82. The molecule has 2 aliphatic rings. The topological polar surface area (TPSA) is 118 Å². The molecular weight excluding hydrogens is 542 g/mol. The zero-order valence-corrected chi connectivity index (χ0v) is 24.9. The van der Waals surface area contributed by atoms with Crippen molar-refractivity contribution in [2.45, 2.75) is 70.9 Å². The van der Waals surface area contributed by atoms with Crippen LogP contribution in [0.5, 0.6) is 0 Å². The van der Waals surface area contributed by atoms with Gasteiger partial charge in [0, 0.05) is 49.3 Å². The minimum Gasteiger partial charge on any atom is -0.464 e. The molecule has 1 aliphatic heterocycles. The summed E-state index contributed by atoms with van der Waals surface area (Å²) in [5.74, 6) is 0.968. The molecule has 0 spiro atoms. The molecule has 9 nitrogen and oxygen atoms in total. The highest BCUT2D eigenvalue weighted by Gasteiger charge is 2.32. The standard InChI is InChI=1S/C31H42ClN5O4/c1-3-41-30(38)19-40-18-22(2)36-24-9-7-23(8-10-24)15-25-16-26(27(32)17-34-25)28-5-4-6-29(37-28)35-21-31(20-33)11-13-39-14-12-31/h4-6,16-17,22-24,36H,3,7-15,18-19,21H2,1-2H3,(H,35,37). The summed E-state index contributed by atoms with van der Waals surface area (Å²) in [5, 5.41) is 17.3. The van der Waals surface area contributed by atoms with Gasteiger partial charge in [-0.2, -0.15) is 5.26 Å². The minimum atomic E-state index is -0.429. The summed E-state index contributed by atoms with van der Waals surface area (Å²) >= 11 is 6.58. The third-order valence-electron chi connectivity index (χ3n) is 7.99. The molecule has 4 rings (SSSR count). The van der Waals surface area contributed by atoms with Crippen LogP contribution in [0.1, 0.15) is 58.1 Å². The molecule has 0 radical (unpaired) electrons. The first-order chi connectivity index (χ1) is 19.9. The summed E-state index contributed by atoms with van der Waals surface area (Å²) in [7, 11) is 0. The number of pyridine rings is 2. The Morgan fingerprint density at radius 1 is 1.27 bits per heavy atom. The van der Waals surface area contributed by atoms with E-state index in [-0.39, 0.29) is 18.6 Å². The second-order valence-electron chi connectivity index (χ2n) is 11.2. The number of halogens is 1. The van der Waals surface area contributed by atoms with Gasteiger partial charge in [-0.25, -0.2) is 9.78 Å². The maximum atomic E-state index is 11.4. The highest BCUT2D eigenvalue weighted by molar-refractivity contribution is 6.33. The number of carbonyl (C=O) groups excluding carboxylic acids is 1. The van der Waals surface area contributed by atoms with Gasteiger partial charge in [0.2, 0.25) is 0 Å². The highest BCUT2D eigenvalue weighted by atomic mass is 35.5. The van der Waals surface area contributed by atoms with Crippen molar-refractivity contribution in [3.05, 3.63) is 41.2 Å². The van der Waals surface area contributed by atoms with Crippen molar-refractivity contribution in [2.24, 2.45) is 11.3 Å². The fraction of sp³-hybridized carbons (Fsp3) is 0.613. The molecule has 222 valence electrons. The average Bonchev–Trinajstić information content (AvgIpc) is 2.99. The van der Waals surface area contributed by atoms with Crippen molar-refractivity contribution in [3.8, 4) is 17.3 Å². The van der Waals surface area contributed by atoms with Crippen LogP contribution in [0.3, 0.4) is 0 Å². The molecule has 2 fully saturated rings. The Kier molecular flexibility index (Phi) is 11.8. The molecule has 1 aliphatic carbocycles. The first kappa shape index (κ1) is 31.2. The van der Waals surface area contributed by atoms with Crippen molar-refractivity contribution < 1.29 is 19.0 Å². The molecule has 0 aromatic carbocycles. The molecule has 2 aromatic heterocycles. The summed E-state index contributed by atoms with van der Waals surface area (Å²) in [5.41, 5.74) is 2.25. The smallest absolute Gasteiger partial charge is 0.332 e. The van der Waals surface area contributed by atoms with Crippen molar-refractivity contribution in [1.82, 2.24) is 15.3 Å². The van der Waals surface area contributed by atoms with Gasteiger partial charge in [0.25, 0.3) is 0 Å². The minimum absolute atomic E-state index is 0.00324. The lowest BCUT2D eigenvalue weighted by Crippen LogP contribution is -2.41. The third-order valence-corrected chi connectivity index (χ3v) is 8.29. The maximum Gasteiger partial charge on any atom is 0.332 e. The Labute approximate surface area is 248 Å². The second-order valence-corrected chi connectivity index (χ2v) is 11.6. The number of esters is 1. The number of hydrogen-bond donors (Lipinski definition) is 2. The van der Waals surface area contributed by atoms with Gasteiger partial charge in [0.15, 0.2) is 0 Å². The number of hydrogen-bond acceptors (Lipinski definition) is 9. The number of rotatable bonds is 13. The van der Waals surface area contributed by atoms with Crippen LogP contribution in [0.25, 0.3) is 11.3 Å². The van der Waals surface area contributed by atoms with Crippen molar-refractivity contribution >= 4 is 23.4 Å². The predicted molar refractivity (Wildman–Crippen MR) is 159 cm³/mol. The molecule has 3 heterocycles. The number of aromatic nitrogens is 2. The monoisotopic (exact) mass is 583 g/mol. The molecule has 1 saturated heterocycles. The molecule has 41 heavy (non-hydrogen) atoms. The predicted octanol–water partition coefficient (Wildman–Crippen LogP) is 5.19. The van der Waals surface area contributed by atoms with Gasteiger partial charge in [-0.1, -0.05) is 17.7 Å². The van der Waals surface area contributed by atoms with Gasteiger partial charge in [-0.15, -0.1) is 0 Å². The van der Waals surface area contributed by atoms with E-state index in [9.17, 15) is 10.1 Å². The van der Waals surface area contributed by atoms with Crippen LogP contribution < -0.4 is 10.6 Å². The normalized spacial score (nSPS) is 21.0. The lowest BCUT2D eigenvalue weighted by molar-refractivity contribution is -0.148. The fourth-order valence-electron chi connectivity index (χ4n) is 5.62. The van der Waals surface area contributed by atoms with Crippen LogP contribution in [-0.4, -0.2) is 67.6 Å². The summed E-state index contributed by atoms with van der Waals surface area (Å²) < 4.78 is 15.8.